The Morgan fingerprint density at radius 1 is 1.07 bits per heavy atom. The van der Waals surface area contributed by atoms with Crippen LogP contribution in [-0.2, 0) is 0 Å². The van der Waals surface area contributed by atoms with Crippen molar-refractivity contribution in [3.63, 3.8) is 0 Å². The molecule has 0 saturated heterocycles. The molecule has 0 aliphatic heterocycles. The minimum Gasteiger partial charge on any atom is -0.506 e. The number of aromatic hydroxyl groups is 2. The van der Waals surface area contributed by atoms with Gasteiger partial charge in [0, 0.05) is 0 Å². The second-order valence-corrected chi connectivity index (χ2v) is 2.70. The van der Waals surface area contributed by atoms with Crippen LogP contribution in [0.4, 0.5) is 5.69 Å². The van der Waals surface area contributed by atoms with E-state index in [0.717, 1.165) is 6.07 Å². The van der Waals surface area contributed by atoms with E-state index in [1.54, 1.807) is 0 Å². The average molecular weight is 213 g/mol. The van der Waals surface area contributed by atoms with Crippen LogP contribution in [0.5, 0.6) is 11.5 Å². The molecule has 1 rings (SSSR count). The van der Waals surface area contributed by atoms with E-state index in [4.69, 9.17) is 15.9 Å². The lowest BCUT2D eigenvalue weighted by Gasteiger charge is -2.08. The third-order valence-corrected chi connectivity index (χ3v) is 1.75. The molecule has 0 aliphatic rings. The fourth-order valence-corrected chi connectivity index (χ4v) is 1.05. The van der Waals surface area contributed by atoms with Gasteiger partial charge in [0.1, 0.15) is 16.9 Å². The predicted octanol–water partition coefficient (Wildman–Crippen LogP) is 0.0764. The van der Waals surface area contributed by atoms with Crippen LogP contribution in [0.1, 0.15) is 20.7 Å². The first-order chi connectivity index (χ1) is 6.86. The highest BCUT2D eigenvalue weighted by Gasteiger charge is 2.24. The molecule has 7 nitrogen and oxygen atoms in total. The van der Waals surface area contributed by atoms with Crippen LogP contribution >= 0.6 is 0 Å². The molecule has 1 aromatic rings. The summed E-state index contributed by atoms with van der Waals surface area (Å²) in [6.07, 6.45) is 0. The minimum atomic E-state index is -1.67. The van der Waals surface area contributed by atoms with Gasteiger partial charge in [0.05, 0.1) is 5.69 Å². The van der Waals surface area contributed by atoms with Gasteiger partial charge < -0.3 is 26.2 Å². The smallest absolute Gasteiger partial charge is 0.343 e. The number of nitrogens with two attached hydrogens (primary N) is 1. The summed E-state index contributed by atoms with van der Waals surface area (Å²) in [6.45, 7) is 0. The van der Waals surface area contributed by atoms with E-state index >= 15 is 0 Å². The molecule has 15 heavy (non-hydrogen) atoms. The highest BCUT2D eigenvalue weighted by atomic mass is 16.4. The monoisotopic (exact) mass is 213 g/mol. The molecule has 0 saturated carbocycles. The molecule has 0 atom stereocenters. The lowest BCUT2D eigenvalue weighted by Crippen LogP contribution is -2.06. The van der Waals surface area contributed by atoms with Crippen LogP contribution in [0.2, 0.25) is 0 Å². The van der Waals surface area contributed by atoms with Crippen LogP contribution in [0.25, 0.3) is 0 Å². The van der Waals surface area contributed by atoms with Crippen molar-refractivity contribution in [1.82, 2.24) is 0 Å². The molecular weight excluding hydrogens is 206 g/mol. The van der Waals surface area contributed by atoms with Gasteiger partial charge in [-0.05, 0) is 6.07 Å². The number of anilines is 1. The number of hydrogen-bond donors (Lipinski definition) is 5. The summed E-state index contributed by atoms with van der Waals surface area (Å²) >= 11 is 0. The lowest BCUT2D eigenvalue weighted by atomic mass is 10.1. The maximum Gasteiger partial charge on any atom is 0.343 e. The Labute approximate surface area is 83.0 Å². The molecule has 0 unspecified atom stereocenters. The molecule has 7 heteroatoms. The van der Waals surface area contributed by atoms with Crippen molar-refractivity contribution < 1.29 is 30.0 Å². The van der Waals surface area contributed by atoms with Crippen LogP contribution in [-0.4, -0.2) is 32.4 Å². The maximum absolute atomic E-state index is 10.6. The number of rotatable bonds is 2. The molecular formula is C8H7NO6. The van der Waals surface area contributed by atoms with Gasteiger partial charge in [-0.15, -0.1) is 0 Å². The van der Waals surface area contributed by atoms with E-state index in [9.17, 15) is 19.8 Å². The van der Waals surface area contributed by atoms with Crippen molar-refractivity contribution >= 4 is 17.6 Å². The molecule has 80 valence electrons. The van der Waals surface area contributed by atoms with E-state index < -0.39 is 40.3 Å². The molecule has 0 radical (unpaired) electrons. The number of nitrogen functional groups attached to an aromatic ring is 1. The van der Waals surface area contributed by atoms with Crippen LogP contribution in [0, 0.1) is 0 Å². The average Bonchev–Trinajstić information content (AvgIpc) is 2.10. The van der Waals surface area contributed by atoms with Crippen molar-refractivity contribution in [2.75, 3.05) is 5.73 Å². The van der Waals surface area contributed by atoms with Crippen LogP contribution in [0.15, 0.2) is 6.07 Å². The first kappa shape index (κ1) is 10.6. The molecule has 0 heterocycles. The van der Waals surface area contributed by atoms with Gasteiger partial charge >= 0.3 is 11.9 Å². The Bertz CT molecular complexity index is 453. The predicted molar refractivity (Wildman–Crippen MR) is 48.1 cm³/mol. The number of benzene rings is 1. The van der Waals surface area contributed by atoms with E-state index in [2.05, 4.69) is 0 Å². The summed E-state index contributed by atoms with van der Waals surface area (Å²) in [5.41, 5.74) is 3.15. The Kier molecular flexibility index (Phi) is 2.39. The fourth-order valence-electron chi connectivity index (χ4n) is 1.05. The molecule has 1 aromatic carbocycles. The molecule has 6 N–H and O–H groups in total. The second kappa shape index (κ2) is 3.37. The van der Waals surface area contributed by atoms with E-state index in [1.807, 2.05) is 0 Å². The second-order valence-electron chi connectivity index (χ2n) is 2.70. The van der Waals surface area contributed by atoms with Gasteiger partial charge in [-0.25, -0.2) is 9.59 Å². The Morgan fingerprint density at radius 3 is 2.00 bits per heavy atom. The summed E-state index contributed by atoms with van der Waals surface area (Å²) in [5, 5.41) is 35.7. The molecule has 0 aliphatic carbocycles. The summed E-state index contributed by atoms with van der Waals surface area (Å²) in [7, 11) is 0. The van der Waals surface area contributed by atoms with Gasteiger partial charge in [-0.3, -0.25) is 0 Å². The quantitative estimate of drug-likeness (QED) is 0.266. The summed E-state index contributed by atoms with van der Waals surface area (Å²) in [4.78, 5) is 21.2. The van der Waals surface area contributed by atoms with Crippen molar-refractivity contribution in [2.24, 2.45) is 0 Å². The van der Waals surface area contributed by atoms with E-state index in [0.29, 0.717) is 0 Å². The third kappa shape index (κ3) is 1.62. The van der Waals surface area contributed by atoms with Gasteiger partial charge in [-0.1, -0.05) is 0 Å². The molecule has 0 fully saturated rings. The molecule has 0 aromatic heterocycles. The zero-order chi connectivity index (χ0) is 11.7. The first-order valence-electron chi connectivity index (χ1n) is 3.67. The van der Waals surface area contributed by atoms with Gasteiger partial charge in [0.2, 0.25) is 0 Å². The largest absolute Gasteiger partial charge is 0.506 e. The number of carboxylic acid groups (broad SMARTS) is 2. The SMILES string of the molecule is Nc1cc(C(=O)O)c(O)c(C(=O)O)c1O. The molecule has 0 bridgehead atoms. The minimum absolute atomic E-state index is 0.428. The third-order valence-electron chi connectivity index (χ3n) is 1.75. The maximum atomic E-state index is 10.6. The number of phenols is 2. The van der Waals surface area contributed by atoms with Gasteiger partial charge in [0.25, 0.3) is 0 Å². The normalized spacial score (nSPS) is 9.87. The van der Waals surface area contributed by atoms with Crippen LogP contribution < -0.4 is 5.73 Å². The Hall–Kier alpha value is -2.44. The highest BCUT2D eigenvalue weighted by Crippen LogP contribution is 2.35. The first-order valence-corrected chi connectivity index (χ1v) is 3.67. The van der Waals surface area contributed by atoms with Crippen molar-refractivity contribution in [3.8, 4) is 11.5 Å². The number of hydrogen-bond acceptors (Lipinski definition) is 5. The van der Waals surface area contributed by atoms with Crippen molar-refractivity contribution in [1.29, 1.82) is 0 Å². The van der Waals surface area contributed by atoms with Gasteiger partial charge in [0.15, 0.2) is 5.75 Å². The zero-order valence-electron chi connectivity index (χ0n) is 7.26. The fraction of sp³-hybridized carbons (Fsp3) is 0. The Morgan fingerprint density at radius 2 is 1.60 bits per heavy atom. The van der Waals surface area contributed by atoms with Crippen molar-refractivity contribution in [3.05, 3.63) is 17.2 Å². The number of aromatic carboxylic acids is 2. The number of carbonyl (C=O) groups is 2. The summed E-state index contributed by atoms with van der Waals surface area (Å²) < 4.78 is 0. The van der Waals surface area contributed by atoms with E-state index in [1.165, 1.54) is 0 Å². The molecule has 0 amide bonds. The summed E-state index contributed by atoms with van der Waals surface area (Å²) in [6, 6.07) is 0.777. The zero-order valence-corrected chi connectivity index (χ0v) is 7.26. The lowest BCUT2D eigenvalue weighted by molar-refractivity contribution is 0.0689. The standard InChI is InChI=1S/C8H7NO6/c9-3-1-2(7(12)13)5(10)4(6(3)11)8(14)15/h1,10-11H,9H2,(H,12,13)(H,14,15). The van der Waals surface area contributed by atoms with Gasteiger partial charge in [-0.2, -0.15) is 0 Å². The van der Waals surface area contributed by atoms with Crippen LogP contribution in [0.3, 0.4) is 0 Å². The van der Waals surface area contributed by atoms with E-state index in [-0.39, 0.29) is 0 Å². The van der Waals surface area contributed by atoms with Crippen molar-refractivity contribution in [2.45, 2.75) is 0 Å². The highest BCUT2D eigenvalue weighted by molar-refractivity contribution is 6.02. The number of carboxylic acids is 2. The summed E-state index contributed by atoms with van der Waals surface area (Å²) in [5.74, 6) is -5.09. The Balaban J connectivity index is 3.63. The topological polar surface area (TPSA) is 141 Å². The molecule has 0 spiro atoms.